The lowest BCUT2D eigenvalue weighted by atomic mass is 10.3. The van der Waals surface area contributed by atoms with Gasteiger partial charge in [-0.3, -0.25) is 4.79 Å². The number of thiazole rings is 1. The highest BCUT2D eigenvalue weighted by Gasteiger charge is 2.17. The van der Waals surface area contributed by atoms with E-state index in [0.29, 0.717) is 25.7 Å². The van der Waals surface area contributed by atoms with Crippen LogP contribution in [-0.4, -0.2) is 16.9 Å². The highest BCUT2D eigenvalue weighted by atomic mass is 35.5. The molecule has 0 saturated carbocycles. The van der Waals surface area contributed by atoms with Gasteiger partial charge in [0.05, 0.1) is 0 Å². The monoisotopic (exact) mass is 344 g/mol. The third-order valence-electron chi connectivity index (χ3n) is 2.39. The van der Waals surface area contributed by atoms with Gasteiger partial charge in [0.2, 0.25) is 0 Å². The maximum atomic E-state index is 12.2. The predicted molar refractivity (Wildman–Crippen MR) is 89.7 cm³/mol. The number of carbonyl (C=O) groups excluding carboxylic acids is 1. The SMILES string of the molecule is CC(C)Nc1nc(N)c(C(=O)Nc2cc(Cl)cc(Cl)c2)s1. The number of rotatable bonds is 4. The maximum absolute atomic E-state index is 12.2. The zero-order valence-corrected chi connectivity index (χ0v) is 13.7. The number of hydrogen-bond acceptors (Lipinski definition) is 5. The molecule has 0 bridgehead atoms. The first-order chi connectivity index (χ1) is 9.85. The van der Waals surface area contributed by atoms with Gasteiger partial charge in [0.15, 0.2) is 5.13 Å². The van der Waals surface area contributed by atoms with E-state index in [2.05, 4.69) is 15.6 Å². The first kappa shape index (κ1) is 15.9. The van der Waals surface area contributed by atoms with Gasteiger partial charge in [-0.2, -0.15) is 0 Å². The molecule has 0 aliphatic heterocycles. The van der Waals surface area contributed by atoms with E-state index >= 15 is 0 Å². The molecule has 1 aromatic carbocycles. The van der Waals surface area contributed by atoms with Crippen LogP contribution >= 0.6 is 34.5 Å². The third-order valence-corrected chi connectivity index (χ3v) is 3.83. The summed E-state index contributed by atoms with van der Waals surface area (Å²) in [4.78, 5) is 16.7. The summed E-state index contributed by atoms with van der Waals surface area (Å²) in [5.41, 5.74) is 6.28. The Morgan fingerprint density at radius 3 is 2.48 bits per heavy atom. The third kappa shape index (κ3) is 4.23. The smallest absolute Gasteiger partial charge is 0.269 e. The molecule has 21 heavy (non-hydrogen) atoms. The fourth-order valence-corrected chi connectivity index (χ4v) is 3.07. The van der Waals surface area contributed by atoms with Crippen molar-refractivity contribution in [3.63, 3.8) is 0 Å². The molecule has 0 unspecified atom stereocenters. The molecule has 4 N–H and O–H groups in total. The molecule has 8 heteroatoms. The van der Waals surface area contributed by atoms with Crippen LogP contribution in [-0.2, 0) is 0 Å². The first-order valence-electron chi connectivity index (χ1n) is 6.15. The molecule has 0 saturated heterocycles. The number of hydrogen-bond donors (Lipinski definition) is 3. The van der Waals surface area contributed by atoms with Crippen LogP contribution in [0.1, 0.15) is 23.5 Å². The van der Waals surface area contributed by atoms with E-state index in [1.165, 1.54) is 11.3 Å². The van der Waals surface area contributed by atoms with Gasteiger partial charge in [-0.1, -0.05) is 34.5 Å². The Balaban J connectivity index is 2.18. The van der Waals surface area contributed by atoms with Crippen molar-refractivity contribution in [2.24, 2.45) is 0 Å². The minimum Gasteiger partial charge on any atom is -0.382 e. The van der Waals surface area contributed by atoms with E-state index in [4.69, 9.17) is 28.9 Å². The summed E-state index contributed by atoms with van der Waals surface area (Å²) in [6, 6.07) is 5.01. The van der Waals surface area contributed by atoms with E-state index in [9.17, 15) is 4.79 Å². The van der Waals surface area contributed by atoms with E-state index in [-0.39, 0.29) is 17.8 Å². The highest BCUT2D eigenvalue weighted by Crippen LogP contribution is 2.28. The second-order valence-corrected chi connectivity index (χ2v) is 6.52. The lowest BCUT2D eigenvalue weighted by molar-refractivity contribution is 0.103. The molecule has 2 rings (SSSR count). The summed E-state index contributed by atoms with van der Waals surface area (Å²) in [6.45, 7) is 3.95. The number of carbonyl (C=O) groups is 1. The van der Waals surface area contributed by atoms with Gasteiger partial charge in [-0.15, -0.1) is 0 Å². The van der Waals surface area contributed by atoms with E-state index in [0.717, 1.165) is 0 Å². The van der Waals surface area contributed by atoms with Crippen LogP contribution in [0.5, 0.6) is 0 Å². The van der Waals surface area contributed by atoms with Gasteiger partial charge in [0.25, 0.3) is 5.91 Å². The Kier molecular flexibility index (Phi) is 4.92. The molecule has 0 aliphatic rings. The molecule has 112 valence electrons. The van der Waals surface area contributed by atoms with Crippen molar-refractivity contribution in [1.29, 1.82) is 0 Å². The minimum absolute atomic E-state index is 0.189. The molecule has 1 aromatic heterocycles. The largest absolute Gasteiger partial charge is 0.382 e. The fraction of sp³-hybridized carbons (Fsp3) is 0.231. The Bertz CT molecular complexity index is 652. The first-order valence-corrected chi connectivity index (χ1v) is 7.72. The molecular weight excluding hydrogens is 331 g/mol. The molecule has 1 amide bonds. The van der Waals surface area contributed by atoms with Crippen LogP contribution in [0.3, 0.4) is 0 Å². The van der Waals surface area contributed by atoms with Gasteiger partial charge in [0, 0.05) is 21.8 Å². The van der Waals surface area contributed by atoms with Crippen LogP contribution in [0.15, 0.2) is 18.2 Å². The second-order valence-electron chi connectivity index (χ2n) is 4.64. The molecule has 0 aliphatic carbocycles. The average Bonchev–Trinajstić information content (AvgIpc) is 2.67. The molecule has 0 radical (unpaired) electrons. The molecule has 0 spiro atoms. The van der Waals surface area contributed by atoms with Gasteiger partial charge < -0.3 is 16.4 Å². The Morgan fingerprint density at radius 2 is 1.90 bits per heavy atom. The number of benzene rings is 1. The summed E-state index contributed by atoms with van der Waals surface area (Å²) in [5.74, 6) is -0.158. The van der Waals surface area contributed by atoms with Gasteiger partial charge in [-0.25, -0.2) is 4.98 Å². The Labute approximate surface area is 136 Å². The second kappa shape index (κ2) is 6.51. The van der Waals surface area contributed by atoms with Crippen molar-refractivity contribution in [3.05, 3.63) is 33.1 Å². The van der Waals surface area contributed by atoms with Crippen LogP contribution in [0, 0.1) is 0 Å². The molecule has 1 heterocycles. The lowest BCUT2D eigenvalue weighted by Crippen LogP contribution is -2.12. The highest BCUT2D eigenvalue weighted by molar-refractivity contribution is 7.18. The number of nitrogens with one attached hydrogen (secondary N) is 2. The van der Waals surface area contributed by atoms with Gasteiger partial charge >= 0.3 is 0 Å². The number of nitrogens with zero attached hydrogens (tertiary/aromatic N) is 1. The number of aromatic nitrogens is 1. The number of nitrogen functional groups attached to an aromatic ring is 1. The Morgan fingerprint density at radius 1 is 1.29 bits per heavy atom. The summed E-state index contributed by atoms with van der Waals surface area (Å²) < 4.78 is 0. The summed E-state index contributed by atoms with van der Waals surface area (Å²) in [7, 11) is 0. The van der Waals surface area contributed by atoms with Crippen molar-refractivity contribution >= 4 is 57.1 Å². The van der Waals surface area contributed by atoms with Crippen LogP contribution in [0.25, 0.3) is 0 Å². The predicted octanol–water partition coefficient (Wildman–Crippen LogP) is 4.10. The number of halogens is 2. The van der Waals surface area contributed by atoms with Crippen molar-refractivity contribution in [2.45, 2.75) is 19.9 Å². The van der Waals surface area contributed by atoms with Crippen LogP contribution in [0.2, 0.25) is 10.0 Å². The molecule has 5 nitrogen and oxygen atoms in total. The Hall–Kier alpha value is -1.50. The zero-order chi connectivity index (χ0) is 15.6. The fourth-order valence-electron chi connectivity index (χ4n) is 1.62. The van der Waals surface area contributed by atoms with Crippen molar-refractivity contribution in [3.8, 4) is 0 Å². The summed E-state index contributed by atoms with van der Waals surface area (Å²) in [5, 5.41) is 7.30. The molecule has 0 fully saturated rings. The molecule has 2 aromatic rings. The van der Waals surface area contributed by atoms with Crippen molar-refractivity contribution in [2.75, 3.05) is 16.4 Å². The normalized spacial score (nSPS) is 10.7. The van der Waals surface area contributed by atoms with Crippen LogP contribution in [0.4, 0.5) is 16.6 Å². The topological polar surface area (TPSA) is 80.0 Å². The number of anilines is 3. The lowest BCUT2D eigenvalue weighted by Gasteiger charge is -2.05. The molecular formula is C13H14Cl2N4OS. The summed E-state index contributed by atoms with van der Waals surface area (Å²) in [6.07, 6.45) is 0. The number of nitrogens with two attached hydrogens (primary N) is 1. The van der Waals surface area contributed by atoms with Crippen LogP contribution < -0.4 is 16.4 Å². The van der Waals surface area contributed by atoms with Gasteiger partial charge in [-0.05, 0) is 32.0 Å². The summed E-state index contributed by atoms with van der Waals surface area (Å²) >= 11 is 13.0. The van der Waals surface area contributed by atoms with E-state index in [1.807, 2.05) is 13.8 Å². The van der Waals surface area contributed by atoms with E-state index in [1.54, 1.807) is 18.2 Å². The van der Waals surface area contributed by atoms with Gasteiger partial charge in [0.1, 0.15) is 10.7 Å². The molecule has 0 atom stereocenters. The standard InChI is InChI=1S/C13H14Cl2N4OS/c1-6(2)17-13-19-11(16)10(21-13)12(20)18-9-4-7(14)3-8(15)5-9/h3-6H,16H2,1-2H3,(H,17,19)(H,18,20). The quantitative estimate of drug-likeness (QED) is 0.779. The van der Waals surface area contributed by atoms with Crippen molar-refractivity contribution in [1.82, 2.24) is 4.98 Å². The van der Waals surface area contributed by atoms with Crippen molar-refractivity contribution < 1.29 is 4.79 Å². The number of amides is 1. The zero-order valence-electron chi connectivity index (χ0n) is 11.4. The minimum atomic E-state index is -0.347. The maximum Gasteiger partial charge on any atom is 0.269 e. The average molecular weight is 345 g/mol. The van der Waals surface area contributed by atoms with E-state index < -0.39 is 0 Å².